The second-order valence-corrected chi connectivity index (χ2v) is 39.3. The topological polar surface area (TPSA) is 393 Å². The number of ether oxygens (including phenoxy) is 1. The maximum absolute atomic E-state index is 15.0. The number of nitrogens with one attached hydrogen (secondary N) is 7. The second-order valence-electron chi connectivity index (χ2n) is 36.9. The van der Waals surface area contributed by atoms with Gasteiger partial charge in [0.15, 0.2) is 0 Å². The number of aliphatic carboxylic acids is 1. The van der Waals surface area contributed by atoms with Crippen molar-refractivity contribution >= 4 is 100 Å². The number of carbonyl (C=O) groups is 7. The van der Waals surface area contributed by atoms with Crippen LogP contribution in [0, 0.1) is 58.9 Å². The van der Waals surface area contributed by atoms with E-state index in [-0.39, 0.29) is 182 Å². The number of amides is 6. The van der Waals surface area contributed by atoms with Gasteiger partial charge < -0.3 is 64.4 Å². The van der Waals surface area contributed by atoms with Crippen LogP contribution in [0.2, 0.25) is 5.02 Å². The van der Waals surface area contributed by atoms with Crippen molar-refractivity contribution in [2.75, 3.05) is 21.3 Å². The predicted molar refractivity (Wildman–Crippen MR) is 464 cm³/mol. The van der Waals surface area contributed by atoms with Crippen molar-refractivity contribution in [3.8, 4) is 0 Å². The molecule has 7 saturated carbocycles. The molecule has 27 nitrogen and oxygen atoms in total. The van der Waals surface area contributed by atoms with E-state index >= 15 is 4.39 Å². The van der Waals surface area contributed by atoms with Gasteiger partial charge in [-0.1, -0.05) is 68.3 Å². The number of urea groups is 1. The molecule has 4 saturated heterocycles. The zero-order chi connectivity index (χ0) is 87.5. The minimum Gasteiger partial charge on any atom is -1.00 e. The molecule has 12 N–H and O–H groups in total. The summed E-state index contributed by atoms with van der Waals surface area (Å²) in [4.78, 5) is 106. The molecule has 6 amide bonds. The zero-order valence-electron chi connectivity index (χ0n) is 73.3. The minimum absolute atomic E-state index is 0. The summed E-state index contributed by atoms with van der Waals surface area (Å²) in [5.74, 6) is 0.989. The Balaban J connectivity index is 0.000000178. The number of aromatic nitrogens is 4. The fourth-order valence-corrected chi connectivity index (χ4v) is 18.6. The normalized spacial score (nSPS) is 24.9. The van der Waals surface area contributed by atoms with Gasteiger partial charge >= 0.3 is 121 Å². The molecule has 35 heteroatoms. The summed E-state index contributed by atoms with van der Waals surface area (Å²) in [7, 11) is -1.39. The molecular weight excluding hydrogens is 1730 g/mol. The summed E-state index contributed by atoms with van der Waals surface area (Å²) in [6, 6.07) is 27.7. The summed E-state index contributed by atoms with van der Waals surface area (Å²) >= 11 is 5.89. The van der Waals surface area contributed by atoms with E-state index in [0.29, 0.717) is 83.8 Å². The number of pyridine rings is 4. The number of piperidine rings is 4. The van der Waals surface area contributed by atoms with Gasteiger partial charge in [-0.2, -0.15) is 0 Å². The molecule has 0 bridgehead atoms. The van der Waals surface area contributed by atoms with Gasteiger partial charge in [0.25, 0.3) is 6.47 Å². The summed E-state index contributed by atoms with van der Waals surface area (Å²) in [6.07, 6.45) is 30.5. The van der Waals surface area contributed by atoms with Gasteiger partial charge in [0.1, 0.15) is 41.0 Å². The molecule has 126 heavy (non-hydrogen) atoms. The maximum Gasteiger partial charge on any atom is 1.00 e. The first kappa shape index (κ1) is 100. The number of rotatable bonds is 26. The number of carbonyl (C=O) groups excluding carboxylic acids is 6. The maximum atomic E-state index is 15.0. The van der Waals surface area contributed by atoms with E-state index in [4.69, 9.17) is 43.0 Å². The van der Waals surface area contributed by atoms with Crippen molar-refractivity contribution in [2.24, 2.45) is 52.9 Å². The van der Waals surface area contributed by atoms with Crippen molar-refractivity contribution < 1.29 is 175 Å². The van der Waals surface area contributed by atoms with E-state index in [2.05, 4.69) is 61.4 Å². The van der Waals surface area contributed by atoms with Gasteiger partial charge in [0.2, 0.25) is 17.7 Å². The number of fused-ring (bicyclic) bond motifs is 4. The number of likely N-dealkylation sites (tertiary alicyclic amines) is 2. The fraction of sp³-hybridized carbons (Fsp3) is 0.505. The molecule has 18 rings (SSSR count). The van der Waals surface area contributed by atoms with Crippen LogP contribution in [-0.2, 0) is 61.2 Å². The molecule has 4 aromatic heterocycles. The minimum atomic E-state index is -1.39. The van der Waals surface area contributed by atoms with E-state index < -0.39 is 91.5 Å². The molecule has 7 aliphatic carbocycles. The predicted octanol–water partition coefficient (Wildman–Crippen LogP) is 7.44. The van der Waals surface area contributed by atoms with E-state index in [1.165, 1.54) is 67.8 Å². The third-order valence-corrected chi connectivity index (χ3v) is 27.4. The van der Waals surface area contributed by atoms with Crippen LogP contribution in [0.4, 0.5) is 45.6 Å². The molecule has 11 aliphatic rings. The van der Waals surface area contributed by atoms with Gasteiger partial charge in [-0.05, 0) is 291 Å². The molecule has 666 valence electrons. The van der Waals surface area contributed by atoms with Gasteiger partial charge in [-0.25, -0.2) is 41.5 Å². The number of hydrogen-bond acceptors (Lipinski definition) is 19. The first-order valence-corrected chi connectivity index (χ1v) is 44.2. The molecule has 8 heterocycles. The molecule has 11 fully saturated rings. The van der Waals surface area contributed by atoms with Gasteiger partial charge in [-0.15, -0.1) is 12.4 Å². The van der Waals surface area contributed by atoms with Gasteiger partial charge in [0, 0.05) is 67.5 Å². The molecule has 3 unspecified atom stereocenters. The summed E-state index contributed by atoms with van der Waals surface area (Å²) < 4.78 is 66.1. The number of anilines is 4. The Bertz CT molecular complexity index is 5010. The zero-order valence-corrected chi connectivity index (χ0v) is 81.0. The van der Waals surface area contributed by atoms with Crippen LogP contribution in [0.3, 0.4) is 0 Å². The summed E-state index contributed by atoms with van der Waals surface area (Å²) in [6.45, 7) is 11.0. The fourth-order valence-electron chi connectivity index (χ4n) is 17.5. The Hall–Kier alpha value is -6.30. The molecule has 0 radical (unpaired) electrons. The average Bonchev–Trinajstić information content (AvgIpc) is 1.58. The first-order valence-electron chi connectivity index (χ1n) is 42.7. The van der Waals surface area contributed by atoms with Gasteiger partial charge in [-0.3, -0.25) is 44.3 Å². The van der Waals surface area contributed by atoms with Crippen molar-refractivity contribution in [2.45, 2.75) is 245 Å². The Labute approximate surface area is 833 Å². The molecule has 3 aromatic carbocycles. The monoisotopic (exact) mass is 1840 g/mol. The quantitative estimate of drug-likeness (QED) is 0.0109. The van der Waals surface area contributed by atoms with E-state index in [1.54, 1.807) is 111 Å². The molecule has 0 spiro atoms. The van der Waals surface area contributed by atoms with Crippen molar-refractivity contribution in [3.05, 3.63) is 202 Å². The van der Waals surface area contributed by atoms with Crippen LogP contribution in [0.15, 0.2) is 147 Å². The number of benzene rings is 3. The van der Waals surface area contributed by atoms with Crippen LogP contribution < -0.4 is 156 Å². The second kappa shape index (κ2) is 42.9. The van der Waals surface area contributed by atoms with Crippen molar-refractivity contribution in [1.82, 2.24) is 45.1 Å². The third-order valence-electron chi connectivity index (χ3n) is 25.5. The van der Waals surface area contributed by atoms with Crippen molar-refractivity contribution in [1.29, 1.82) is 0 Å². The molecule has 4 aliphatic heterocycles. The number of nitrogens with two attached hydrogens (primary N) is 2. The van der Waals surface area contributed by atoms with Crippen molar-refractivity contribution in [3.63, 3.8) is 0 Å². The Kier molecular flexibility index (Phi) is 34.2. The largest absolute Gasteiger partial charge is 1.00 e. The van der Waals surface area contributed by atoms with Gasteiger partial charge in [0.05, 0.1) is 66.5 Å². The number of hydrogen-bond donors (Lipinski definition) is 10. The summed E-state index contributed by atoms with van der Waals surface area (Å²) in [5, 5.41) is 35.7. The summed E-state index contributed by atoms with van der Waals surface area (Å²) in [5.41, 5.74) is 16.4. The first-order chi connectivity index (χ1) is 58.7. The number of halogens is 5. The molecular formula is C91H112Cl2F3K2N15O12S. The van der Waals surface area contributed by atoms with E-state index in [9.17, 15) is 41.8 Å². The van der Waals surface area contributed by atoms with Crippen LogP contribution >= 0.6 is 24.0 Å². The Morgan fingerprint density at radius 2 is 0.968 bits per heavy atom. The molecule has 7 aromatic rings. The SMILES string of the molecule is CC(C)(C)OC(=O)N1[C@@H](C(=O)O)C[C@H]2C[C@H]21.CC(C)(C)[S@](=O)NC(CCC1CC1)(c1ccncc1)c1ccc(F)c(NC(=O)[C@H]2C[C@H]3C[C@H]3N2)c1.Cl.NC(CCC1CC1)(c1ccncc1)c1ccc(F)c(NC(=O)[C@H]2C[C@H]3C[C@H]3N2)c1.NC(CCC1CC1)(c1ccncc1)c1ccc(F)c(NC(=O)[C@H]2C[C@H]3C[C@H]3N2C(=O)Nc2ccc(Cl)cn2)c1.O=CO[O-].[H-].[K+].[K+]. The third kappa shape index (κ3) is 25.5. The number of carboxylic acids is 1. The van der Waals surface area contributed by atoms with Crippen LogP contribution in [0.5, 0.6) is 0 Å². The van der Waals surface area contributed by atoms with Crippen LogP contribution in [0.25, 0.3) is 0 Å². The van der Waals surface area contributed by atoms with E-state index in [0.717, 1.165) is 97.9 Å². The Morgan fingerprint density at radius 3 is 1.37 bits per heavy atom. The Morgan fingerprint density at radius 1 is 0.556 bits per heavy atom. The number of nitrogens with zero attached hydrogens (tertiary/aromatic N) is 6. The standard InChI is InChI=1S/C29H30ClFN6O2.C27H35FN4O2S.C23H27FN4O.C11H17NO4.CH2O3.ClH.2K.H/c30-21-4-6-26(34-16-21)36-28(39)37-24-13-18(24)14-25(37)27(38)35-23-15-20(3-5-22(23)31)29(32,10-7-17-1-2-17)19-8-11-33-12-9-19;1-26(2,3)35(34)32-27(11-8-17-4-5-17,19-9-12-29-13-10-19)20-6-7-21(28)23(16-20)31-25(33)24-15-18-14-22(18)30-24;24-18-4-3-17(13-20(18)28-22(29)21-12-15-11-19(15)27-21)23(25,8-5-14-1-2-14)16-6-9-26-10-7-16;1-11(2,3)16-10(15)12-7-4-6(7)5-8(12)9(13)14;2-1-4-3;;;;/h3-6,8-9,11-12,15-18,24-25H,1-2,7,10,13-14,32H2,(H,35,38)(H,34,36,39);6-7,9-10,12-13,16-18,22,24,30,32H,4-5,8,11,14-15H2,1-3H3,(H,31,33);3-4,6-7,9-10,13-15,19,21,27H,1-2,5,8,11-12,25H2,(H,28,29);6-8H,4-5H2,1-3H3,(H,13,14);1,3H;1H;;;/q;;;;;;2*+1;-1/p-1/t18-,24-,25-,29?;18-,22-,24-,27?,35+;15-,19-,21-,23?;6-,7-,8-;;;;;/m1111...../s1. The van der Waals surface area contributed by atoms with Crippen LogP contribution in [0.1, 0.15) is 205 Å². The van der Waals surface area contributed by atoms with Crippen LogP contribution in [-0.4, -0.2) is 140 Å². The smallest absolute Gasteiger partial charge is 1.00 e. The van der Waals surface area contributed by atoms with E-state index in [1.807, 2.05) is 57.2 Å². The molecule has 16 atom stereocenters. The number of carboxylic acid groups (broad SMARTS) is 1. The average molecular weight is 1850 g/mol.